The number of amides is 2. The molecule has 0 bridgehead atoms. The molecular weight excluding hydrogens is 250 g/mol. The van der Waals surface area contributed by atoms with Gasteiger partial charge in [-0.1, -0.05) is 25.4 Å². The van der Waals surface area contributed by atoms with Crippen molar-refractivity contribution in [3.63, 3.8) is 0 Å². The number of hydrogen-bond donors (Lipinski definition) is 3. The highest BCUT2D eigenvalue weighted by atomic mass is 16.5. The van der Waals surface area contributed by atoms with Gasteiger partial charge in [-0.2, -0.15) is 0 Å². The molecule has 0 radical (unpaired) electrons. The molecule has 2 atom stereocenters. The summed E-state index contributed by atoms with van der Waals surface area (Å²) in [5.74, 6) is -0.528. The molecule has 0 aliphatic rings. The first-order valence-electron chi connectivity index (χ1n) is 6.13. The molecule has 0 fully saturated rings. The molecule has 0 spiro atoms. The van der Waals surface area contributed by atoms with Crippen molar-refractivity contribution in [3.05, 3.63) is 17.5 Å². The number of nitrogens with one attached hydrogen (secondary N) is 2. The molecule has 7 heteroatoms. The van der Waals surface area contributed by atoms with Crippen LogP contribution in [0.2, 0.25) is 0 Å². The van der Waals surface area contributed by atoms with Crippen LogP contribution in [0, 0.1) is 12.8 Å². The Balaban J connectivity index is 2.46. The van der Waals surface area contributed by atoms with E-state index in [0.717, 1.165) is 0 Å². The number of carboxylic acids is 1. The van der Waals surface area contributed by atoms with Crippen molar-refractivity contribution in [1.29, 1.82) is 0 Å². The van der Waals surface area contributed by atoms with Gasteiger partial charge in [0.1, 0.15) is 17.5 Å². The van der Waals surface area contributed by atoms with E-state index >= 15 is 0 Å². The lowest BCUT2D eigenvalue weighted by molar-refractivity contribution is -0.140. The van der Waals surface area contributed by atoms with Crippen molar-refractivity contribution in [2.24, 2.45) is 5.92 Å². The van der Waals surface area contributed by atoms with E-state index in [0.29, 0.717) is 17.9 Å². The molecule has 0 saturated carbocycles. The molecule has 1 unspecified atom stereocenters. The Labute approximate surface area is 111 Å². The highest BCUT2D eigenvalue weighted by Gasteiger charge is 2.25. The number of rotatable bonds is 6. The average Bonchev–Trinajstić information content (AvgIpc) is 2.78. The molecule has 3 N–H and O–H groups in total. The van der Waals surface area contributed by atoms with Gasteiger partial charge in [-0.3, -0.25) is 0 Å². The number of carbonyl (C=O) groups excluding carboxylic acids is 1. The number of aliphatic carboxylic acids is 1. The van der Waals surface area contributed by atoms with Crippen LogP contribution in [0.1, 0.15) is 31.7 Å². The molecule has 19 heavy (non-hydrogen) atoms. The van der Waals surface area contributed by atoms with E-state index in [4.69, 9.17) is 9.63 Å². The van der Waals surface area contributed by atoms with Gasteiger partial charge < -0.3 is 20.3 Å². The van der Waals surface area contributed by atoms with E-state index < -0.39 is 18.0 Å². The number of aromatic nitrogens is 1. The minimum atomic E-state index is -1.04. The maximum Gasteiger partial charge on any atom is 0.326 e. The minimum absolute atomic E-state index is 0.141. The third kappa shape index (κ3) is 4.61. The van der Waals surface area contributed by atoms with Crippen LogP contribution in [-0.4, -0.2) is 28.3 Å². The summed E-state index contributed by atoms with van der Waals surface area (Å²) in [6, 6.07) is 0.265. The van der Waals surface area contributed by atoms with Crippen LogP contribution >= 0.6 is 0 Å². The molecule has 1 rings (SSSR count). The van der Waals surface area contributed by atoms with Crippen molar-refractivity contribution >= 4 is 12.0 Å². The second kappa shape index (κ2) is 6.77. The number of aryl methyl sites for hydroxylation is 1. The maximum atomic E-state index is 11.6. The Bertz CT molecular complexity index is 444. The summed E-state index contributed by atoms with van der Waals surface area (Å²) in [6.45, 7) is 5.59. The second-order valence-electron chi connectivity index (χ2n) is 4.46. The molecule has 0 saturated heterocycles. The average molecular weight is 269 g/mol. The minimum Gasteiger partial charge on any atom is -0.480 e. The zero-order valence-corrected chi connectivity index (χ0v) is 11.3. The summed E-state index contributed by atoms with van der Waals surface area (Å²) < 4.78 is 4.86. The van der Waals surface area contributed by atoms with Crippen molar-refractivity contribution in [3.8, 4) is 0 Å². The monoisotopic (exact) mass is 269 g/mol. The first-order chi connectivity index (χ1) is 8.93. The third-order valence-corrected chi connectivity index (χ3v) is 2.87. The molecule has 1 heterocycles. The van der Waals surface area contributed by atoms with Crippen molar-refractivity contribution in [1.82, 2.24) is 15.8 Å². The summed E-state index contributed by atoms with van der Waals surface area (Å²) in [4.78, 5) is 22.7. The van der Waals surface area contributed by atoms with Crippen molar-refractivity contribution in [2.75, 3.05) is 0 Å². The van der Waals surface area contributed by atoms with Crippen LogP contribution < -0.4 is 10.6 Å². The van der Waals surface area contributed by atoms with Crippen LogP contribution in [0.5, 0.6) is 0 Å². The van der Waals surface area contributed by atoms with Gasteiger partial charge in [0.2, 0.25) is 0 Å². The summed E-state index contributed by atoms with van der Waals surface area (Å²) in [7, 11) is 0. The normalized spacial score (nSPS) is 13.6. The molecule has 0 aromatic carbocycles. The topological polar surface area (TPSA) is 104 Å². The first kappa shape index (κ1) is 15.0. The smallest absolute Gasteiger partial charge is 0.326 e. The van der Waals surface area contributed by atoms with E-state index in [1.807, 2.05) is 6.92 Å². The van der Waals surface area contributed by atoms with E-state index in [-0.39, 0.29) is 12.5 Å². The molecular formula is C12H19N3O4. The fraction of sp³-hybridized carbons (Fsp3) is 0.583. The van der Waals surface area contributed by atoms with Gasteiger partial charge in [0.15, 0.2) is 0 Å². The Morgan fingerprint density at radius 1 is 1.53 bits per heavy atom. The molecule has 2 amide bonds. The van der Waals surface area contributed by atoms with E-state index in [2.05, 4.69) is 15.8 Å². The van der Waals surface area contributed by atoms with Crippen LogP contribution in [0.15, 0.2) is 10.6 Å². The van der Waals surface area contributed by atoms with Gasteiger partial charge in [0, 0.05) is 6.07 Å². The molecule has 0 aliphatic heterocycles. The zero-order valence-electron chi connectivity index (χ0n) is 11.3. The van der Waals surface area contributed by atoms with Crippen molar-refractivity contribution in [2.45, 2.75) is 39.8 Å². The van der Waals surface area contributed by atoms with Crippen LogP contribution in [0.3, 0.4) is 0 Å². The standard InChI is InChI=1S/C12H19N3O4/c1-4-7(2)10(11(16)17)14-12(18)13-6-9-5-8(3)19-15-9/h5,7,10H,4,6H2,1-3H3,(H,16,17)(H2,13,14,18)/t7?,10-/m0/s1. The van der Waals surface area contributed by atoms with Gasteiger partial charge in [-0.05, 0) is 12.8 Å². The molecule has 0 aliphatic carbocycles. The Morgan fingerprint density at radius 2 is 2.21 bits per heavy atom. The predicted octanol–water partition coefficient (Wildman–Crippen LogP) is 1.28. The largest absolute Gasteiger partial charge is 0.480 e. The highest BCUT2D eigenvalue weighted by molar-refractivity contribution is 5.82. The van der Waals surface area contributed by atoms with E-state index in [1.54, 1.807) is 19.9 Å². The lowest BCUT2D eigenvalue weighted by atomic mass is 9.99. The Hall–Kier alpha value is -2.05. The number of urea groups is 1. The highest BCUT2D eigenvalue weighted by Crippen LogP contribution is 2.07. The van der Waals surface area contributed by atoms with Crippen LogP contribution in [0.4, 0.5) is 4.79 Å². The molecule has 1 aromatic rings. The number of carboxylic acid groups (broad SMARTS) is 1. The lowest BCUT2D eigenvalue weighted by Crippen LogP contribution is -2.48. The SMILES string of the molecule is CCC(C)[C@H](NC(=O)NCc1cc(C)on1)C(=O)O. The fourth-order valence-corrected chi connectivity index (χ4v) is 1.55. The van der Waals surface area contributed by atoms with E-state index in [9.17, 15) is 9.59 Å². The zero-order chi connectivity index (χ0) is 14.4. The second-order valence-corrected chi connectivity index (χ2v) is 4.46. The Kier molecular flexibility index (Phi) is 5.35. The van der Waals surface area contributed by atoms with Gasteiger partial charge in [0.25, 0.3) is 0 Å². The first-order valence-corrected chi connectivity index (χ1v) is 6.13. The summed E-state index contributed by atoms with van der Waals surface area (Å²) in [5.41, 5.74) is 0.586. The Morgan fingerprint density at radius 3 is 2.68 bits per heavy atom. The van der Waals surface area contributed by atoms with Crippen LogP contribution in [0.25, 0.3) is 0 Å². The predicted molar refractivity (Wildman–Crippen MR) is 67.5 cm³/mol. The number of carbonyl (C=O) groups is 2. The fourth-order valence-electron chi connectivity index (χ4n) is 1.55. The van der Waals surface area contributed by atoms with Crippen molar-refractivity contribution < 1.29 is 19.2 Å². The lowest BCUT2D eigenvalue weighted by Gasteiger charge is -2.20. The molecule has 1 aromatic heterocycles. The van der Waals surface area contributed by atoms with Gasteiger partial charge in [0.05, 0.1) is 6.54 Å². The quantitative estimate of drug-likeness (QED) is 0.721. The summed E-state index contributed by atoms with van der Waals surface area (Å²) in [5, 5.41) is 17.7. The summed E-state index contributed by atoms with van der Waals surface area (Å²) in [6.07, 6.45) is 0.666. The van der Waals surface area contributed by atoms with E-state index in [1.165, 1.54) is 0 Å². The van der Waals surface area contributed by atoms with Gasteiger partial charge >= 0.3 is 12.0 Å². The maximum absolute atomic E-state index is 11.6. The van der Waals surface area contributed by atoms with Crippen LogP contribution in [-0.2, 0) is 11.3 Å². The molecule has 7 nitrogen and oxygen atoms in total. The van der Waals surface area contributed by atoms with Gasteiger partial charge in [-0.25, -0.2) is 9.59 Å². The number of nitrogens with zero attached hydrogens (tertiary/aromatic N) is 1. The summed E-state index contributed by atoms with van der Waals surface area (Å²) >= 11 is 0. The third-order valence-electron chi connectivity index (χ3n) is 2.87. The van der Waals surface area contributed by atoms with Gasteiger partial charge in [-0.15, -0.1) is 0 Å². The molecule has 106 valence electrons. The number of hydrogen-bond acceptors (Lipinski definition) is 4.